The molecule has 0 radical (unpaired) electrons. The summed E-state index contributed by atoms with van der Waals surface area (Å²) in [7, 11) is -2.78. The van der Waals surface area contributed by atoms with Crippen LogP contribution in [0.1, 0.15) is 39.5 Å². The second-order valence-electron chi connectivity index (χ2n) is 5.99. The number of sulfone groups is 1. The van der Waals surface area contributed by atoms with Gasteiger partial charge in [-0.3, -0.25) is 4.90 Å². The molecular formula is C13H26N2O2S. The van der Waals surface area contributed by atoms with E-state index < -0.39 is 9.84 Å². The van der Waals surface area contributed by atoms with Crippen LogP contribution in [0.15, 0.2) is 0 Å². The van der Waals surface area contributed by atoms with Gasteiger partial charge in [-0.1, -0.05) is 6.42 Å². The molecule has 4 nitrogen and oxygen atoms in total. The highest BCUT2D eigenvalue weighted by Crippen LogP contribution is 2.21. The van der Waals surface area contributed by atoms with Crippen LogP contribution < -0.4 is 5.32 Å². The van der Waals surface area contributed by atoms with Crippen molar-refractivity contribution in [3.8, 4) is 0 Å². The summed E-state index contributed by atoms with van der Waals surface area (Å²) in [5.74, 6) is 0.733. The zero-order chi connectivity index (χ0) is 13.2. The molecule has 2 rings (SSSR count). The number of piperidine rings is 1. The third kappa shape index (κ3) is 3.68. The molecule has 0 spiro atoms. The van der Waals surface area contributed by atoms with Gasteiger partial charge < -0.3 is 5.32 Å². The van der Waals surface area contributed by atoms with Gasteiger partial charge in [-0.25, -0.2) is 8.42 Å². The molecule has 106 valence electrons. The molecule has 0 amide bonds. The van der Waals surface area contributed by atoms with Crippen molar-refractivity contribution >= 4 is 9.84 Å². The maximum atomic E-state index is 11.6. The first kappa shape index (κ1) is 14.3. The average Bonchev–Trinajstić information content (AvgIpc) is 2.67. The van der Waals surface area contributed by atoms with E-state index in [0.29, 0.717) is 23.6 Å². The van der Waals surface area contributed by atoms with E-state index in [4.69, 9.17) is 0 Å². The molecule has 18 heavy (non-hydrogen) atoms. The summed E-state index contributed by atoms with van der Waals surface area (Å²) in [6, 6.07) is 1.20. The first-order valence-corrected chi connectivity index (χ1v) is 8.99. The Morgan fingerprint density at radius 2 is 2.06 bits per heavy atom. The first-order chi connectivity index (χ1) is 8.48. The number of nitrogens with zero attached hydrogens (tertiary/aromatic N) is 1. The fourth-order valence-corrected chi connectivity index (χ4v) is 4.90. The lowest BCUT2D eigenvalue weighted by Crippen LogP contribution is -2.50. The van der Waals surface area contributed by atoms with E-state index in [1.807, 2.05) is 0 Å². The van der Waals surface area contributed by atoms with Crippen LogP contribution in [0.4, 0.5) is 0 Å². The Labute approximate surface area is 111 Å². The summed E-state index contributed by atoms with van der Waals surface area (Å²) < 4.78 is 23.2. The molecule has 2 aliphatic rings. The quantitative estimate of drug-likeness (QED) is 0.832. The van der Waals surface area contributed by atoms with E-state index in [1.54, 1.807) is 0 Å². The van der Waals surface area contributed by atoms with Gasteiger partial charge in [0.2, 0.25) is 0 Å². The molecule has 2 atom stereocenters. The molecule has 0 aliphatic carbocycles. The maximum Gasteiger partial charge on any atom is 0.151 e. The maximum absolute atomic E-state index is 11.6. The van der Waals surface area contributed by atoms with E-state index in [-0.39, 0.29) is 6.04 Å². The van der Waals surface area contributed by atoms with Crippen LogP contribution >= 0.6 is 0 Å². The molecule has 0 aromatic rings. The predicted molar refractivity (Wildman–Crippen MR) is 74.5 cm³/mol. The van der Waals surface area contributed by atoms with Crippen molar-refractivity contribution in [2.75, 3.05) is 24.6 Å². The number of hydrogen-bond acceptors (Lipinski definition) is 4. The molecule has 0 aromatic carbocycles. The molecule has 1 N–H and O–H groups in total. The van der Waals surface area contributed by atoms with Crippen molar-refractivity contribution in [1.82, 2.24) is 10.2 Å². The fraction of sp³-hybridized carbons (Fsp3) is 1.00. The SMILES string of the molecule is CC(C)N(CC1CCCCN1)C1CCS(=O)(=O)C1. The van der Waals surface area contributed by atoms with Crippen LogP contribution in [-0.4, -0.2) is 56.0 Å². The lowest BCUT2D eigenvalue weighted by Gasteiger charge is -2.36. The van der Waals surface area contributed by atoms with Crippen LogP contribution in [0.3, 0.4) is 0 Å². The molecular weight excluding hydrogens is 248 g/mol. The van der Waals surface area contributed by atoms with Gasteiger partial charge in [0, 0.05) is 24.7 Å². The van der Waals surface area contributed by atoms with Crippen LogP contribution in [0.2, 0.25) is 0 Å². The molecule has 2 aliphatic heterocycles. The monoisotopic (exact) mass is 274 g/mol. The van der Waals surface area contributed by atoms with Gasteiger partial charge in [0.1, 0.15) is 0 Å². The van der Waals surface area contributed by atoms with Gasteiger partial charge in [-0.15, -0.1) is 0 Å². The zero-order valence-electron chi connectivity index (χ0n) is 11.6. The van der Waals surface area contributed by atoms with Crippen LogP contribution in [0.25, 0.3) is 0 Å². The van der Waals surface area contributed by atoms with Gasteiger partial charge in [0.25, 0.3) is 0 Å². The van der Waals surface area contributed by atoms with Gasteiger partial charge in [0.05, 0.1) is 11.5 Å². The summed E-state index contributed by atoms with van der Waals surface area (Å²) in [4.78, 5) is 2.40. The molecule has 0 saturated carbocycles. The van der Waals surface area contributed by atoms with Crippen molar-refractivity contribution in [1.29, 1.82) is 0 Å². The van der Waals surface area contributed by atoms with E-state index in [9.17, 15) is 8.42 Å². The van der Waals surface area contributed by atoms with Crippen LogP contribution in [0, 0.1) is 0 Å². The van der Waals surface area contributed by atoms with E-state index in [1.165, 1.54) is 19.3 Å². The second-order valence-corrected chi connectivity index (χ2v) is 8.22. The number of rotatable bonds is 4. The fourth-order valence-electron chi connectivity index (χ4n) is 3.15. The highest BCUT2D eigenvalue weighted by atomic mass is 32.2. The van der Waals surface area contributed by atoms with Crippen LogP contribution in [0.5, 0.6) is 0 Å². The second kappa shape index (κ2) is 5.88. The van der Waals surface area contributed by atoms with Crippen molar-refractivity contribution in [2.45, 2.75) is 57.7 Å². The Kier molecular flexibility index (Phi) is 4.67. The lowest BCUT2D eigenvalue weighted by molar-refractivity contribution is 0.140. The summed E-state index contributed by atoms with van der Waals surface area (Å²) in [6.45, 7) is 6.46. The lowest BCUT2D eigenvalue weighted by atomic mass is 10.0. The molecule has 0 bridgehead atoms. The molecule has 2 fully saturated rings. The zero-order valence-corrected chi connectivity index (χ0v) is 12.4. The Bertz CT molecular complexity index is 361. The minimum absolute atomic E-state index is 0.235. The van der Waals surface area contributed by atoms with Crippen molar-refractivity contribution in [2.24, 2.45) is 0 Å². The molecule has 2 unspecified atom stereocenters. The average molecular weight is 274 g/mol. The third-order valence-electron chi connectivity index (χ3n) is 4.18. The Hall–Kier alpha value is -0.130. The summed E-state index contributed by atoms with van der Waals surface area (Å²) in [5.41, 5.74) is 0. The van der Waals surface area contributed by atoms with E-state index in [0.717, 1.165) is 19.5 Å². The van der Waals surface area contributed by atoms with Gasteiger partial charge in [0.15, 0.2) is 9.84 Å². The largest absolute Gasteiger partial charge is 0.313 e. The van der Waals surface area contributed by atoms with Crippen molar-refractivity contribution in [3.05, 3.63) is 0 Å². The highest BCUT2D eigenvalue weighted by Gasteiger charge is 2.34. The smallest absolute Gasteiger partial charge is 0.151 e. The van der Waals surface area contributed by atoms with E-state index in [2.05, 4.69) is 24.1 Å². The number of hydrogen-bond donors (Lipinski definition) is 1. The predicted octanol–water partition coefficient (Wildman–Crippen LogP) is 1.03. The van der Waals surface area contributed by atoms with Crippen LogP contribution in [-0.2, 0) is 9.84 Å². The molecule has 0 aromatic heterocycles. The Morgan fingerprint density at radius 1 is 1.28 bits per heavy atom. The van der Waals surface area contributed by atoms with Gasteiger partial charge in [-0.05, 0) is 39.7 Å². The van der Waals surface area contributed by atoms with E-state index >= 15 is 0 Å². The first-order valence-electron chi connectivity index (χ1n) is 7.17. The number of nitrogens with one attached hydrogen (secondary N) is 1. The Morgan fingerprint density at radius 3 is 2.56 bits per heavy atom. The summed E-state index contributed by atoms with van der Waals surface area (Å²) >= 11 is 0. The molecule has 2 saturated heterocycles. The Balaban J connectivity index is 1.95. The summed E-state index contributed by atoms with van der Waals surface area (Å²) in [6.07, 6.45) is 4.61. The minimum Gasteiger partial charge on any atom is -0.313 e. The minimum atomic E-state index is -2.78. The normalized spacial score (nSPS) is 32.2. The topological polar surface area (TPSA) is 49.4 Å². The third-order valence-corrected chi connectivity index (χ3v) is 5.93. The molecule has 5 heteroatoms. The van der Waals surface area contributed by atoms with Gasteiger partial charge >= 0.3 is 0 Å². The van der Waals surface area contributed by atoms with Crippen molar-refractivity contribution < 1.29 is 8.42 Å². The van der Waals surface area contributed by atoms with Gasteiger partial charge in [-0.2, -0.15) is 0 Å². The summed E-state index contributed by atoms with van der Waals surface area (Å²) in [5, 5.41) is 3.56. The van der Waals surface area contributed by atoms with Crippen molar-refractivity contribution in [3.63, 3.8) is 0 Å². The highest BCUT2D eigenvalue weighted by molar-refractivity contribution is 7.91. The molecule has 2 heterocycles. The standard InChI is InChI=1S/C13H26N2O2S/c1-11(2)15(9-12-5-3-4-7-14-12)13-6-8-18(16,17)10-13/h11-14H,3-10H2,1-2H3.